The van der Waals surface area contributed by atoms with Crippen LogP contribution in [-0.2, 0) is 5.41 Å². The van der Waals surface area contributed by atoms with Crippen molar-refractivity contribution in [3.63, 3.8) is 0 Å². The zero-order valence-electron chi connectivity index (χ0n) is 29.1. The second-order valence-electron chi connectivity index (χ2n) is 12.5. The number of hydrogen-bond donors (Lipinski definition) is 2. The van der Waals surface area contributed by atoms with Gasteiger partial charge < -0.3 is 29.6 Å². The molecule has 0 radical (unpaired) electrons. The molecule has 6 aromatic carbocycles. The number of anilines is 1. The first-order valence-corrected chi connectivity index (χ1v) is 17.1. The number of amides is 1. The summed E-state index contributed by atoms with van der Waals surface area (Å²) in [4.78, 5) is 12.2. The van der Waals surface area contributed by atoms with Crippen LogP contribution in [0.3, 0.4) is 0 Å². The lowest BCUT2D eigenvalue weighted by molar-refractivity contribution is 0.0953. The average molecular weight is 679 g/mol. The normalized spacial score (nSPS) is 11.0. The van der Waals surface area contributed by atoms with Gasteiger partial charge in [0.25, 0.3) is 5.91 Å². The van der Waals surface area contributed by atoms with Crippen molar-refractivity contribution in [2.24, 2.45) is 0 Å². The van der Waals surface area contributed by atoms with E-state index in [-0.39, 0.29) is 11.3 Å². The highest BCUT2D eigenvalue weighted by Crippen LogP contribution is 2.35. The van der Waals surface area contributed by atoms with Gasteiger partial charge in [-0.25, -0.2) is 0 Å². The Morgan fingerprint density at radius 1 is 0.529 bits per heavy atom. The maximum Gasteiger partial charge on any atom is 0.251 e. The Morgan fingerprint density at radius 3 is 1.43 bits per heavy atom. The van der Waals surface area contributed by atoms with E-state index < -0.39 is 0 Å². The number of hydrogen-bond acceptors (Lipinski definition) is 6. The molecule has 0 aliphatic heterocycles. The molecule has 7 heteroatoms. The Morgan fingerprint density at radius 2 is 0.941 bits per heavy atom. The largest absolute Gasteiger partial charge is 0.473 e. The molecule has 0 unspecified atom stereocenters. The van der Waals surface area contributed by atoms with Crippen molar-refractivity contribution < 1.29 is 23.7 Å². The van der Waals surface area contributed by atoms with Crippen LogP contribution in [0.25, 0.3) is 0 Å². The molecule has 1 amide bonds. The number of nitrogens with one attached hydrogen (secondary N) is 2. The van der Waals surface area contributed by atoms with E-state index in [4.69, 9.17) is 18.9 Å². The molecule has 0 bridgehead atoms. The van der Waals surface area contributed by atoms with Crippen LogP contribution in [0.5, 0.6) is 40.2 Å². The summed E-state index contributed by atoms with van der Waals surface area (Å²) in [5.74, 6) is 5.13. The first-order chi connectivity index (χ1) is 24.9. The van der Waals surface area contributed by atoms with Gasteiger partial charge in [0.15, 0.2) is 6.73 Å². The van der Waals surface area contributed by atoms with Crippen LogP contribution in [0.2, 0.25) is 0 Å². The number of ether oxygens (including phenoxy) is 4. The van der Waals surface area contributed by atoms with Gasteiger partial charge in [0.1, 0.15) is 40.2 Å². The maximum absolute atomic E-state index is 12.2. The molecule has 6 rings (SSSR count). The molecule has 0 aliphatic carbocycles. The van der Waals surface area contributed by atoms with E-state index in [0.29, 0.717) is 24.6 Å². The lowest BCUT2D eigenvalue weighted by Crippen LogP contribution is -2.23. The zero-order valence-corrected chi connectivity index (χ0v) is 29.1. The monoisotopic (exact) mass is 678 g/mol. The third-order valence-corrected chi connectivity index (χ3v) is 8.45. The number of para-hydroxylation sites is 1. The second kappa shape index (κ2) is 16.5. The summed E-state index contributed by atoms with van der Waals surface area (Å²) in [6, 6.07) is 48.5. The molecule has 7 nitrogen and oxygen atoms in total. The van der Waals surface area contributed by atoms with Crippen molar-refractivity contribution in [1.29, 1.82) is 0 Å². The van der Waals surface area contributed by atoms with Crippen molar-refractivity contribution >= 4 is 11.6 Å². The lowest BCUT2D eigenvalue weighted by atomic mass is 9.78. The van der Waals surface area contributed by atoms with E-state index >= 15 is 0 Å². The summed E-state index contributed by atoms with van der Waals surface area (Å²) in [6.45, 7) is 7.41. The summed E-state index contributed by atoms with van der Waals surface area (Å²) in [7, 11) is 0. The molecule has 51 heavy (non-hydrogen) atoms. The quantitative estimate of drug-likeness (QED) is 0.105. The second-order valence-corrected chi connectivity index (χ2v) is 12.5. The van der Waals surface area contributed by atoms with Crippen molar-refractivity contribution in [3.8, 4) is 40.2 Å². The van der Waals surface area contributed by atoms with E-state index in [1.54, 1.807) is 12.1 Å². The lowest BCUT2D eigenvalue weighted by Gasteiger charge is -2.26. The molecule has 0 saturated heterocycles. The van der Waals surface area contributed by atoms with Crippen LogP contribution in [0.15, 0.2) is 152 Å². The number of carbonyl (C=O) groups excluding carboxylic acids is 1. The number of rotatable bonds is 15. The third-order valence-electron chi connectivity index (χ3n) is 8.45. The van der Waals surface area contributed by atoms with Crippen LogP contribution >= 0.6 is 0 Å². The van der Waals surface area contributed by atoms with Crippen LogP contribution < -0.4 is 29.6 Å². The molecule has 0 atom stereocenters. The molecule has 6 aromatic rings. The highest BCUT2D eigenvalue weighted by Gasteiger charge is 2.23. The molecule has 0 fully saturated rings. The van der Waals surface area contributed by atoms with E-state index in [9.17, 15) is 4.79 Å². The van der Waals surface area contributed by atoms with Crippen molar-refractivity contribution in [3.05, 3.63) is 168 Å². The highest BCUT2D eigenvalue weighted by molar-refractivity contribution is 5.94. The van der Waals surface area contributed by atoms with Crippen molar-refractivity contribution in [2.45, 2.75) is 32.6 Å². The SMILES string of the molecule is CCCNC(=O)c1ccc(Oc2ccc(C(C)(C)c3ccc(Oc4ccc(NCOc5ccc(Oc6ccccc6)cc5)cc4)cc3)cc2)cc1. The van der Waals surface area contributed by atoms with Crippen LogP contribution in [0.1, 0.15) is 48.7 Å². The van der Waals surface area contributed by atoms with Gasteiger partial charge in [0.2, 0.25) is 0 Å². The molecule has 2 N–H and O–H groups in total. The Labute approximate surface area is 299 Å². The van der Waals surface area contributed by atoms with Crippen LogP contribution in [-0.4, -0.2) is 19.2 Å². The minimum atomic E-state index is -0.238. The van der Waals surface area contributed by atoms with E-state index in [1.807, 2.05) is 122 Å². The van der Waals surface area contributed by atoms with Gasteiger partial charge in [0, 0.05) is 23.2 Å². The summed E-state index contributed by atoms with van der Waals surface area (Å²) in [5, 5.41) is 6.16. The van der Waals surface area contributed by atoms with Gasteiger partial charge in [0.05, 0.1) is 0 Å². The molecule has 0 heterocycles. The predicted octanol–water partition coefficient (Wildman–Crippen LogP) is 11.0. The Balaban J connectivity index is 0.968. The maximum atomic E-state index is 12.2. The number of carbonyl (C=O) groups is 1. The van der Waals surface area contributed by atoms with Gasteiger partial charge in [-0.3, -0.25) is 4.79 Å². The summed E-state index contributed by atoms with van der Waals surface area (Å²) < 4.78 is 23.9. The van der Waals surface area contributed by atoms with Gasteiger partial charge >= 0.3 is 0 Å². The first kappa shape index (κ1) is 34.6. The highest BCUT2D eigenvalue weighted by atomic mass is 16.5. The molecular formula is C44H42N2O5. The topological polar surface area (TPSA) is 78.1 Å². The molecule has 0 spiro atoms. The molecular weight excluding hydrogens is 636 g/mol. The fraction of sp³-hybridized carbons (Fsp3) is 0.159. The standard InChI is InChI=1S/C44H42N2O5/c1-4-30-45-43(47)32-10-18-38(19-11-32)50-39-20-12-33(13-21-39)44(2,3)34-14-22-40(23-15-34)51-41-24-16-35(17-25-41)46-31-48-36-26-28-42(29-27-36)49-37-8-6-5-7-9-37/h5-29,46H,4,30-31H2,1-3H3,(H,45,47). The molecule has 0 aromatic heterocycles. The average Bonchev–Trinajstić information content (AvgIpc) is 3.16. The van der Waals surface area contributed by atoms with Crippen molar-refractivity contribution in [2.75, 3.05) is 18.6 Å². The molecule has 258 valence electrons. The predicted molar refractivity (Wildman–Crippen MR) is 203 cm³/mol. The fourth-order valence-electron chi connectivity index (χ4n) is 5.41. The van der Waals surface area contributed by atoms with Gasteiger partial charge in [-0.1, -0.05) is 63.2 Å². The summed E-state index contributed by atoms with van der Waals surface area (Å²) >= 11 is 0. The Bertz CT molecular complexity index is 1970. The van der Waals surface area contributed by atoms with E-state index in [2.05, 4.69) is 48.7 Å². The zero-order chi connectivity index (χ0) is 35.5. The van der Waals surface area contributed by atoms with Crippen LogP contribution in [0.4, 0.5) is 5.69 Å². The van der Waals surface area contributed by atoms with E-state index in [1.165, 1.54) is 5.56 Å². The van der Waals surface area contributed by atoms with Gasteiger partial charge in [-0.05, 0) is 127 Å². The minimum Gasteiger partial charge on any atom is -0.473 e. The number of benzene rings is 6. The van der Waals surface area contributed by atoms with Gasteiger partial charge in [-0.15, -0.1) is 0 Å². The minimum absolute atomic E-state index is 0.0755. The van der Waals surface area contributed by atoms with Crippen LogP contribution in [0, 0.1) is 0 Å². The van der Waals surface area contributed by atoms with Gasteiger partial charge in [-0.2, -0.15) is 0 Å². The Hall–Kier alpha value is -6.21. The molecule has 0 aliphatic rings. The summed E-state index contributed by atoms with van der Waals surface area (Å²) in [5.41, 5.74) is 3.62. The first-order valence-electron chi connectivity index (χ1n) is 17.1. The fourth-order valence-corrected chi connectivity index (χ4v) is 5.41. The smallest absolute Gasteiger partial charge is 0.251 e. The van der Waals surface area contributed by atoms with E-state index in [0.717, 1.165) is 52.2 Å². The Kier molecular flexibility index (Phi) is 11.2. The van der Waals surface area contributed by atoms with Crippen molar-refractivity contribution in [1.82, 2.24) is 5.32 Å². The summed E-state index contributed by atoms with van der Waals surface area (Å²) in [6.07, 6.45) is 0.899. The third kappa shape index (κ3) is 9.49. The molecule has 0 saturated carbocycles.